The van der Waals surface area contributed by atoms with Gasteiger partial charge in [0.2, 0.25) is 0 Å². The van der Waals surface area contributed by atoms with Crippen molar-refractivity contribution in [2.45, 2.75) is 58.8 Å². The van der Waals surface area contributed by atoms with Crippen molar-refractivity contribution in [2.75, 3.05) is 13.7 Å². The number of ether oxygens (including phenoxy) is 1. The van der Waals surface area contributed by atoms with Gasteiger partial charge >= 0.3 is 5.97 Å². The van der Waals surface area contributed by atoms with Crippen LogP contribution in [0.2, 0.25) is 0 Å². The number of unbranched alkanes of at least 4 members (excludes halogenated alkanes) is 3. The maximum atomic E-state index is 12.0. The molecule has 0 unspecified atom stereocenters. The molecule has 0 saturated carbocycles. The maximum absolute atomic E-state index is 12.0. The third-order valence-corrected chi connectivity index (χ3v) is 3.65. The molecule has 0 aromatic heterocycles. The Labute approximate surface area is 138 Å². The van der Waals surface area contributed by atoms with Crippen molar-refractivity contribution in [1.82, 2.24) is 0 Å². The Morgan fingerprint density at radius 2 is 1.96 bits per heavy atom. The first kappa shape index (κ1) is 19.3. The number of ketones is 1. The third-order valence-electron chi connectivity index (χ3n) is 3.65. The molecule has 0 atom stereocenters. The van der Waals surface area contributed by atoms with Crippen molar-refractivity contribution in [3.63, 3.8) is 0 Å². The van der Waals surface area contributed by atoms with Gasteiger partial charge in [0, 0.05) is 19.3 Å². The van der Waals surface area contributed by atoms with Crippen molar-refractivity contribution in [2.24, 2.45) is 5.16 Å². The summed E-state index contributed by atoms with van der Waals surface area (Å²) < 4.78 is 4.88. The van der Waals surface area contributed by atoms with Crippen LogP contribution in [0.5, 0.6) is 0 Å². The van der Waals surface area contributed by atoms with Gasteiger partial charge in [-0.2, -0.15) is 0 Å². The molecule has 5 heteroatoms. The second kappa shape index (κ2) is 10.9. The van der Waals surface area contributed by atoms with Crippen LogP contribution in [0.3, 0.4) is 0 Å². The van der Waals surface area contributed by atoms with E-state index in [0.29, 0.717) is 18.7 Å². The predicted octanol–water partition coefficient (Wildman–Crippen LogP) is 3.74. The maximum Gasteiger partial charge on any atom is 0.335 e. The van der Waals surface area contributed by atoms with E-state index in [1.165, 1.54) is 6.42 Å². The SMILES string of the molecule is CCCCCCC1=C/C(=N\OC(=O)CCCOC)C(C)=CC1=O. The van der Waals surface area contributed by atoms with Crippen LogP contribution >= 0.6 is 0 Å². The summed E-state index contributed by atoms with van der Waals surface area (Å²) in [6, 6.07) is 0. The quantitative estimate of drug-likeness (QED) is 0.266. The number of methoxy groups -OCH3 is 1. The zero-order valence-electron chi connectivity index (χ0n) is 14.4. The summed E-state index contributed by atoms with van der Waals surface area (Å²) in [5.41, 5.74) is 2.01. The summed E-state index contributed by atoms with van der Waals surface area (Å²) in [6.07, 6.45) is 9.36. The van der Waals surface area contributed by atoms with Gasteiger partial charge in [0.1, 0.15) is 5.71 Å². The lowest BCUT2D eigenvalue weighted by Gasteiger charge is -2.12. The Kier molecular flexibility index (Phi) is 9.14. The fourth-order valence-electron chi connectivity index (χ4n) is 2.26. The van der Waals surface area contributed by atoms with E-state index in [0.717, 1.165) is 36.8 Å². The van der Waals surface area contributed by atoms with Crippen LogP contribution in [-0.2, 0) is 19.2 Å². The fourth-order valence-corrected chi connectivity index (χ4v) is 2.26. The zero-order valence-corrected chi connectivity index (χ0v) is 14.4. The lowest BCUT2D eigenvalue weighted by atomic mass is 9.94. The minimum atomic E-state index is -0.392. The van der Waals surface area contributed by atoms with Crippen molar-refractivity contribution in [1.29, 1.82) is 0 Å². The van der Waals surface area contributed by atoms with Crippen LogP contribution in [0.15, 0.2) is 28.5 Å². The minimum Gasteiger partial charge on any atom is -0.385 e. The van der Waals surface area contributed by atoms with E-state index in [9.17, 15) is 9.59 Å². The van der Waals surface area contributed by atoms with Gasteiger partial charge < -0.3 is 9.57 Å². The molecule has 1 aliphatic carbocycles. The van der Waals surface area contributed by atoms with Gasteiger partial charge in [0.25, 0.3) is 0 Å². The number of hydrogen-bond acceptors (Lipinski definition) is 5. The third kappa shape index (κ3) is 7.37. The molecule has 5 nitrogen and oxygen atoms in total. The molecular formula is C18H27NO4. The Balaban J connectivity index is 2.58. The molecule has 0 amide bonds. The number of allylic oxidation sites excluding steroid dienone is 4. The number of nitrogens with zero attached hydrogens (tertiary/aromatic N) is 1. The highest BCUT2D eigenvalue weighted by atomic mass is 16.7. The highest BCUT2D eigenvalue weighted by Crippen LogP contribution is 2.18. The van der Waals surface area contributed by atoms with Crippen LogP contribution in [0, 0.1) is 0 Å². The van der Waals surface area contributed by atoms with Crippen molar-refractivity contribution < 1.29 is 19.2 Å². The standard InChI is InChI=1S/C18H27NO4/c1-4-5-6-7-9-15-13-16(14(2)12-17(15)20)19-23-18(21)10-8-11-22-3/h12-13H,4-11H2,1-3H3/b19-16+. The van der Waals surface area contributed by atoms with Gasteiger partial charge in [-0.3, -0.25) is 4.79 Å². The molecule has 0 aromatic rings. The molecule has 128 valence electrons. The summed E-state index contributed by atoms with van der Waals surface area (Å²) in [4.78, 5) is 28.5. The van der Waals surface area contributed by atoms with Crippen LogP contribution in [0.1, 0.15) is 58.8 Å². The van der Waals surface area contributed by atoms with E-state index in [-0.39, 0.29) is 12.2 Å². The number of carbonyl (C=O) groups is 2. The largest absolute Gasteiger partial charge is 0.385 e. The molecule has 1 aliphatic rings. The first-order chi connectivity index (χ1) is 11.1. The molecular weight excluding hydrogens is 294 g/mol. The molecule has 0 aromatic carbocycles. The van der Waals surface area contributed by atoms with Gasteiger partial charge in [0.05, 0.1) is 6.42 Å². The van der Waals surface area contributed by atoms with E-state index < -0.39 is 5.97 Å². The minimum absolute atomic E-state index is 0.0318. The first-order valence-electron chi connectivity index (χ1n) is 8.28. The first-order valence-corrected chi connectivity index (χ1v) is 8.28. The van der Waals surface area contributed by atoms with Crippen molar-refractivity contribution in [3.8, 4) is 0 Å². The van der Waals surface area contributed by atoms with Gasteiger partial charge in [-0.15, -0.1) is 0 Å². The topological polar surface area (TPSA) is 65.0 Å². The van der Waals surface area contributed by atoms with E-state index in [1.807, 2.05) is 0 Å². The van der Waals surface area contributed by atoms with Gasteiger partial charge in [-0.25, -0.2) is 4.79 Å². The van der Waals surface area contributed by atoms with Crippen LogP contribution < -0.4 is 0 Å². The molecule has 23 heavy (non-hydrogen) atoms. The molecule has 0 saturated heterocycles. The molecule has 0 bridgehead atoms. The molecule has 0 aliphatic heterocycles. The molecule has 1 rings (SSSR count). The fraction of sp³-hybridized carbons (Fsp3) is 0.611. The molecule has 0 N–H and O–H groups in total. The summed E-state index contributed by atoms with van der Waals surface area (Å²) in [5.74, 6) is -0.360. The number of carbonyl (C=O) groups excluding carboxylic acids is 2. The number of oxime groups is 1. The second-order valence-corrected chi connectivity index (χ2v) is 5.71. The average molecular weight is 321 g/mol. The molecule has 0 heterocycles. The van der Waals surface area contributed by atoms with Gasteiger partial charge in [0.15, 0.2) is 5.78 Å². The Morgan fingerprint density at radius 3 is 2.65 bits per heavy atom. The Bertz CT molecular complexity index is 503. The second-order valence-electron chi connectivity index (χ2n) is 5.71. The lowest BCUT2D eigenvalue weighted by molar-refractivity contribution is -0.143. The van der Waals surface area contributed by atoms with E-state index in [2.05, 4.69) is 12.1 Å². The van der Waals surface area contributed by atoms with Gasteiger partial charge in [-0.05, 0) is 43.9 Å². The molecule has 0 fully saturated rings. The van der Waals surface area contributed by atoms with Crippen LogP contribution in [0.4, 0.5) is 0 Å². The summed E-state index contributed by atoms with van der Waals surface area (Å²) in [7, 11) is 1.59. The Morgan fingerprint density at radius 1 is 1.17 bits per heavy atom. The van der Waals surface area contributed by atoms with E-state index >= 15 is 0 Å². The van der Waals surface area contributed by atoms with Gasteiger partial charge in [-0.1, -0.05) is 31.3 Å². The normalized spacial score (nSPS) is 16.3. The Hall–Kier alpha value is -1.75. The van der Waals surface area contributed by atoms with Crippen LogP contribution in [0.25, 0.3) is 0 Å². The highest BCUT2D eigenvalue weighted by Gasteiger charge is 2.17. The predicted molar refractivity (Wildman–Crippen MR) is 90.2 cm³/mol. The summed E-state index contributed by atoms with van der Waals surface area (Å²) in [5, 5.41) is 3.90. The van der Waals surface area contributed by atoms with Crippen molar-refractivity contribution >= 4 is 17.5 Å². The molecule has 0 radical (unpaired) electrons. The zero-order chi connectivity index (χ0) is 17.1. The van der Waals surface area contributed by atoms with Crippen LogP contribution in [-0.4, -0.2) is 31.2 Å². The smallest absolute Gasteiger partial charge is 0.335 e. The van der Waals surface area contributed by atoms with E-state index in [4.69, 9.17) is 9.57 Å². The van der Waals surface area contributed by atoms with E-state index in [1.54, 1.807) is 26.2 Å². The number of hydrogen-bond donors (Lipinski definition) is 0. The highest BCUT2D eigenvalue weighted by molar-refractivity contribution is 6.21. The number of rotatable bonds is 10. The van der Waals surface area contributed by atoms with Crippen molar-refractivity contribution in [3.05, 3.63) is 23.3 Å². The summed E-state index contributed by atoms with van der Waals surface area (Å²) >= 11 is 0. The summed E-state index contributed by atoms with van der Waals surface area (Å²) in [6.45, 7) is 4.46. The molecule has 0 spiro atoms. The lowest BCUT2D eigenvalue weighted by Crippen LogP contribution is -2.13. The average Bonchev–Trinajstić information content (AvgIpc) is 2.52. The monoisotopic (exact) mass is 321 g/mol.